The molecule has 0 radical (unpaired) electrons. The molecule has 2 aliphatic rings. The Morgan fingerprint density at radius 3 is 2.95 bits per heavy atom. The summed E-state index contributed by atoms with van der Waals surface area (Å²) in [4.78, 5) is 2.40. The van der Waals surface area contributed by atoms with Gasteiger partial charge >= 0.3 is 0 Å². The highest BCUT2D eigenvalue weighted by Gasteiger charge is 2.36. The average molecular weight is 262 g/mol. The van der Waals surface area contributed by atoms with E-state index in [0.717, 1.165) is 24.1 Å². The lowest BCUT2D eigenvalue weighted by atomic mass is 9.99. The normalized spacial score (nSPS) is 30.8. The molecule has 1 saturated heterocycles. The van der Waals surface area contributed by atoms with Gasteiger partial charge in [0.25, 0.3) is 0 Å². The van der Waals surface area contributed by atoms with E-state index in [-0.39, 0.29) is 0 Å². The molecule has 3 unspecified atom stereocenters. The summed E-state index contributed by atoms with van der Waals surface area (Å²) in [5.41, 5.74) is 0. The molecular weight excluding hydrogens is 236 g/mol. The van der Waals surface area contributed by atoms with Crippen LogP contribution in [0.4, 0.5) is 0 Å². The zero-order valence-corrected chi connectivity index (χ0v) is 12.2. The van der Waals surface area contributed by atoms with Crippen molar-refractivity contribution in [3.8, 4) is 0 Å². The van der Waals surface area contributed by atoms with Gasteiger partial charge in [-0.25, -0.2) is 0 Å². The molecule has 2 heterocycles. The van der Waals surface area contributed by atoms with Crippen LogP contribution < -0.4 is 5.32 Å². The van der Waals surface area contributed by atoms with Crippen LogP contribution in [0.25, 0.3) is 0 Å². The molecule has 106 valence electrons. The molecule has 3 atom stereocenters. The Balaban J connectivity index is 1.48. The largest absolute Gasteiger partial charge is 0.464 e. The molecule has 19 heavy (non-hydrogen) atoms. The van der Waals surface area contributed by atoms with E-state index in [1.54, 1.807) is 0 Å². The standard InChI is InChI=1S/C16H26N2O/c1-12-8-15(12)16-6-5-14(19-16)11-18(2)10-13-4-3-7-17-9-13/h5-6,12-13,15,17H,3-4,7-11H2,1-2H3. The van der Waals surface area contributed by atoms with E-state index in [4.69, 9.17) is 4.42 Å². The molecule has 3 nitrogen and oxygen atoms in total. The summed E-state index contributed by atoms with van der Waals surface area (Å²) in [5, 5.41) is 3.49. The SMILES string of the molecule is CC1CC1c1ccc(CN(C)CC2CCCNC2)o1. The lowest BCUT2D eigenvalue weighted by molar-refractivity contribution is 0.222. The fourth-order valence-electron chi connectivity index (χ4n) is 3.25. The Morgan fingerprint density at radius 2 is 2.26 bits per heavy atom. The number of rotatable bonds is 5. The highest BCUT2D eigenvalue weighted by Crippen LogP contribution is 2.47. The number of furan rings is 1. The first-order valence-electron chi connectivity index (χ1n) is 7.70. The van der Waals surface area contributed by atoms with Crippen molar-refractivity contribution in [2.45, 2.75) is 38.6 Å². The van der Waals surface area contributed by atoms with Crippen LogP contribution in [-0.4, -0.2) is 31.6 Å². The van der Waals surface area contributed by atoms with Crippen LogP contribution in [0.1, 0.15) is 43.6 Å². The van der Waals surface area contributed by atoms with Gasteiger partial charge < -0.3 is 9.73 Å². The molecule has 0 spiro atoms. The fraction of sp³-hybridized carbons (Fsp3) is 0.750. The van der Waals surface area contributed by atoms with E-state index >= 15 is 0 Å². The van der Waals surface area contributed by atoms with E-state index in [9.17, 15) is 0 Å². The van der Waals surface area contributed by atoms with Crippen LogP contribution in [-0.2, 0) is 6.54 Å². The molecule has 3 rings (SSSR count). The van der Waals surface area contributed by atoms with Gasteiger partial charge in [-0.2, -0.15) is 0 Å². The molecule has 1 aliphatic carbocycles. The van der Waals surface area contributed by atoms with Crippen molar-refractivity contribution in [2.75, 3.05) is 26.7 Å². The molecule has 0 aromatic carbocycles. The lowest BCUT2D eigenvalue weighted by Crippen LogP contribution is -2.36. The molecule has 1 N–H and O–H groups in total. The molecule has 3 heteroatoms. The minimum atomic E-state index is 0.696. The summed E-state index contributed by atoms with van der Waals surface area (Å²) in [6.07, 6.45) is 3.99. The molecule has 0 bridgehead atoms. The Morgan fingerprint density at radius 1 is 1.42 bits per heavy atom. The molecule has 1 aromatic heterocycles. The third-order valence-corrected chi connectivity index (χ3v) is 4.55. The predicted octanol–water partition coefficient (Wildman–Crippen LogP) is 2.83. The number of nitrogens with zero attached hydrogens (tertiary/aromatic N) is 1. The molecule has 0 amide bonds. The van der Waals surface area contributed by atoms with Crippen molar-refractivity contribution in [2.24, 2.45) is 11.8 Å². The summed E-state index contributed by atoms with van der Waals surface area (Å²) >= 11 is 0. The number of hydrogen-bond donors (Lipinski definition) is 1. The second kappa shape index (κ2) is 5.68. The minimum Gasteiger partial charge on any atom is -0.464 e. The minimum absolute atomic E-state index is 0.696. The monoisotopic (exact) mass is 262 g/mol. The topological polar surface area (TPSA) is 28.4 Å². The summed E-state index contributed by atoms with van der Waals surface area (Å²) < 4.78 is 5.98. The molecular formula is C16H26N2O. The van der Waals surface area contributed by atoms with E-state index in [1.807, 2.05) is 0 Å². The zero-order valence-electron chi connectivity index (χ0n) is 12.2. The molecule has 1 aliphatic heterocycles. The van der Waals surface area contributed by atoms with Gasteiger partial charge in [-0.3, -0.25) is 4.90 Å². The Labute approximate surface area is 116 Å². The number of nitrogens with one attached hydrogen (secondary N) is 1. The van der Waals surface area contributed by atoms with Crippen LogP contribution in [0, 0.1) is 11.8 Å². The van der Waals surface area contributed by atoms with Gasteiger partial charge in [-0.15, -0.1) is 0 Å². The highest BCUT2D eigenvalue weighted by molar-refractivity contribution is 5.17. The van der Waals surface area contributed by atoms with Gasteiger partial charge in [0.1, 0.15) is 11.5 Å². The Bertz CT molecular complexity index is 409. The third kappa shape index (κ3) is 3.40. The van der Waals surface area contributed by atoms with E-state index in [2.05, 4.69) is 36.3 Å². The third-order valence-electron chi connectivity index (χ3n) is 4.55. The number of hydrogen-bond acceptors (Lipinski definition) is 3. The van der Waals surface area contributed by atoms with Crippen molar-refractivity contribution >= 4 is 0 Å². The van der Waals surface area contributed by atoms with Gasteiger partial charge in [0.05, 0.1) is 6.54 Å². The van der Waals surface area contributed by atoms with Crippen LogP contribution in [0.15, 0.2) is 16.5 Å². The van der Waals surface area contributed by atoms with E-state index < -0.39 is 0 Å². The summed E-state index contributed by atoms with van der Waals surface area (Å²) in [5.74, 6) is 4.65. The van der Waals surface area contributed by atoms with Gasteiger partial charge in [0.2, 0.25) is 0 Å². The molecule has 1 aromatic rings. The van der Waals surface area contributed by atoms with E-state index in [1.165, 1.54) is 44.7 Å². The Kier molecular flexibility index (Phi) is 3.94. The summed E-state index contributed by atoms with van der Waals surface area (Å²) in [7, 11) is 2.20. The molecule has 2 fully saturated rings. The first kappa shape index (κ1) is 13.2. The van der Waals surface area contributed by atoms with Crippen LogP contribution >= 0.6 is 0 Å². The number of piperidine rings is 1. The van der Waals surface area contributed by atoms with Gasteiger partial charge in [-0.05, 0) is 63.4 Å². The maximum atomic E-state index is 5.98. The van der Waals surface area contributed by atoms with Crippen LogP contribution in [0.5, 0.6) is 0 Å². The van der Waals surface area contributed by atoms with Crippen molar-refractivity contribution in [1.29, 1.82) is 0 Å². The maximum Gasteiger partial charge on any atom is 0.118 e. The van der Waals surface area contributed by atoms with Crippen LogP contribution in [0.2, 0.25) is 0 Å². The van der Waals surface area contributed by atoms with Crippen LogP contribution in [0.3, 0.4) is 0 Å². The zero-order chi connectivity index (χ0) is 13.2. The average Bonchev–Trinajstić information content (AvgIpc) is 2.95. The van der Waals surface area contributed by atoms with Crippen molar-refractivity contribution in [3.63, 3.8) is 0 Å². The van der Waals surface area contributed by atoms with Crippen molar-refractivity contribution in [3.05, 3.63) is 23.7 Å². The highest BCUT2D eigenvalue weighted by atomic mass is 16.3. The fourth-order valence-corrected chi connectivity index (χ4v) is 3.25. The van der Waals surface area contributed by atoms with E-state index in [0.29, 0.717) is 5.92 Å². The summed E-state index contributed by atoms with van der Waals surface area (Å²) in [6, 6.07) is 4.34. The van der Waals surface area contributed by atoms with Gasteiger partial charge in [-0.1, -0.05) is 6.92 Å². The van der Waals surface area contributed by atoms with Crippen molar-refractivity contribution < 1.29 is 4.42 Å². The predicted molar refractivity (Wildman–Crippen MR) is 77.2 cm³/mol. The second-order valence-corrected chi connectivity index (χ2v) is 6.53. The molecule has 1 saturated carbocycles. The first-order valence-corrected chi connectivity index (χ1v) is 7.70. The lowest BCUT2D eigenvalue weighted by Gasteiger charge is -2.27. The smallest absolute Gasteiger partial charge is 0.118 e. The summed E-state index contributed by atoms with van der Waals surface area (Å²) in [6.45, 7) is 6.78. The maximum absolute atomic E-state index is 5.98. The Hall–Kier alpha value is -0.800. The second-order valence-electron chi connectivity index (χ2n) is 6.53. The van der Waals surface area contributed by atoms with Crippen molar-refractivity contribution in [1.82, 2.24) is 10.2 Å². The quantitative estimate of drug-likeness (QED) is 0.884. The van der Waals surface area contributed by atoms with Gasteiger partial charge in [0, 0.05) is 12.5 Å². The first-order chi connectivity index (χ1) is 9.22. The van der Waals surface area contributed by atoms with Gasteiger partial charge in [0.15, 0.2) is 0 Å².